The zero-order valence-corrected chi connectivity index (χ0v) is 24.8. The van der Waals surface area contributed by atoms with Gasteiger partial charge in [-0.25, -0.2) is 4.79 Å². The molecule has 2 aliphatic heterocycles. The smallest absolute Gasteiger partial charge is 0.314 e. The Bertz CT molecular complexity index is 1070. The molecule has 1 aliphatic carbocycles. The van der Waals surface area contributed by atoms with E-state index in [-0.39, 0.29) is 17.9 Å². The summed E-state index contributed by atoms with van der Waals surface area (Å²) in [5.41, 5.74) is 12.1. The highest BCUT2D eigenvalue weighted by atomic mass is 79.9. The van der Waals surface area contributed by atoms with Crippen molar-refractivity contribution in [2.75, 3.05) is 26.2 Å². The van der Waals surface area contributed by atoms with Gasteiger partial charge in [0, 0.05) is 49.2 Å². The van der Waals surface area contributed by atoms with Gasteiger partial charge >= 0.3 is 6.03 Å². The topological polar surface area (TPSA) is 79.5 Å². The van der Waals surface area contributed by atoms with Gasteiger partial charge in [0.1, 0.15) is 0 Å². The minimum atomic E-state index is -0.351. The lowest BCUT2D eigenvalue weighted by atomic mass is 9.76. The molecule has 38 heavy (non-hydrogen) atoms. The van der Waals surface area contributed by atoms with Crippen LogP contribution in [0.15, 0.2) is 34.9 Å². The average molecular weight is 584 g/mol. The third-order valence-electron chi connectivity index (χ3n) is 8.31. The lowest BCUT2D eigenvalue weighted by Crippen LogP contribution is -2.44. The summed E-state index contributed by atoms with van der Waals surface area (Å²) in [6.45, 7) is 9.38. The van der Waals surface area contributed by atoms with Crippen LogP contribution in [0.25, 0.3) is 0 Å². The number of carbonyl (C=O) groups is 2. The second-order valence-electron chi connectivity index (χ2n) is 11.3. The zero-order chi connectivity index (χ0) is 27.2. The Labute approximate surface area is 236 Å². The minimum Gasteiger partial charge on any atom is -0.351 e. The summed E-state index contributed by atoms with van der Waals surface area (Å²) in [5, 5.41) is 0. The van der Waals surface area contributed by atoms with E-state index in [1.165, 1.54) is 34.4 Å². The van der Waals surface area contributed by atoms with Crippen LogP contribution in [0.5, 0.6) is 0 Å². The maximum atomic E-state index is 13.1. The molecule has 2 saturated heterocycles. The largest absolute Gasteiger partial charge is 0.351 e. The number of aryl methyl sites for hydroxylation is 3. The van der Waals surface area contributed by atoms with E-state index >= 15 is 0 Å². The Morgan fingerprint density at radius 1 is 0.974 bits per heavy atom. The number of likely N-dealkylation sites (tertiary alicyclic amines) is 2. The molecule has 0 saturated carbocycles. The third-order valence-corrected chi connectivity index (χ3v) is 8.75. The van der Waals surface area contributed by atoms with Crippen LogP contribution < -0.4 is 5.73 Å². The third kappa shape index (κ3) is 6.77. The predicted octanol–water partition coefficient (Wildman–Crippen LogP) is 6.22. The second kappa shape index (κ2) is 13.1. The number of hydrogen-bond donors (Lipinski definition) is 1. The number of piperidine rings is 2. The van der Waals surface area contributed by atoms with Gasteiger partial charge < -0.3 is 15.5 Å². The van der Waals surface area contributed by atoms with E-state index in [0.29, 0.717) is 31.3 Å². The van der Waals surface area contributed by atoms with Crippen LogP contribution in [0.4, 0.5) is 4.79 Å². The molecule has 2 N–H and O–H groups in total. The van der Waals surface area contributed by atoms with Crippen molar-refractivity contribution < 1.29 is 9.59 Å². The summed E-state index contributed by atoms with van der Waals surface area (Å²) in [5.74, 6) is 1.37. The van der Waals surface area contributed by atoms with E-state index in [4.69, 9.17) is 10.7 Å². The molecule has 3 aliphatic rings. The van der Waals surface area contributed by atoms with Crippen molar-refractivity contribution in [2.24, 2.45) is 17.6 Å². The number of pyridine rings is 1. The molecule has 7 heteroatoms. The van der Waals surface area contributed by atoms with E-state index in [9.17, 15) is 9.59 Å². The van der Waals surface area contributed by atoms with Crippen molar-refractivity contribution in [3.63, 3.8) is 0 Å². The fourth-order valence-corrected chi connectivity index (χ4v) is 6.71. The number of nitrogens with zero attached hydrogens (tertiary/aromatic N) is 3. The lowest BCUT2D eigenvalue weighted by molar-refractivity contribution is -0.134. The Morgan fingerprint density at radius 2 is 1.61 bits per heavy atom. The van der Waals surface area contributed by atoms with Gasteiger partial charge in [-0.15, -0.1) is 0 Å². The number of rotatable bonds is 3. The van der Waals surface area contributed by atoms with Crippen LogP contribution in [-0.4, -0.2) is 52.9 Å². The van der Waals surface area contributed by atoms with Gasteiger partial charge in [-0.3, -0.25) is 9.78 Å². The van der Waals surface area contributed by atoms with Crippen LogP contribution >= 0.6 is 15.9 Å². The molecular formula is C31H43BrN4O2. The summed E-state index contributed by atoms with van der Waals surface area (Å²) in [7, 11) is 0. The molecule has 6 nitrogen and oxygen atoms in total. The van der Waals surface area contributed by atoms with Crippen LogP contribution in [0.1, 0.15) is 86.2 Å². The number of nitrogens with two attached hydrogens (primary N) is 1. The van der Waals surface area contributed by atoms with Crippen molar-refractivity contribution in [3.8, 4) is 0 Å². The molecule has 5 rings (SSSR count). The molecule has 2 aromatic rings. The number of amides is 3. The average Bonchev–Trinajstić information content (AvgIpc) is 3.05. The number of urea groups is 1. The summed E-state index contributed by atoms with van der Waals surface area (Å²) < 4.78 is 1.04. The van der Waals surface area contributed by atoms with Crippen molar-refractivity contribution in [1.29, 1.82) is 0 Å². The number of carbonyl (C=O) groups excluding carboxylic acids is 2. The highest BCUT2D eigenvalue weighted by Gasteiger charge is 2.35. The first-order chi connectivity index (χ1) is 18.3. The molecule has 3 amide bonds. The predicted molar refractivity (Wildman–Crippen MR) is 156 cm³/mol. The molecular weight excluding hydrogens is 540 g/mol. The molecule has 206 valence electrons. The maximum absolute atomic E-state index is 13.1. The lowest BCUT2D eigenvalue weighted by Gasteiger charge is -2.38. The quantitative estimate of drug-likeness (QED) is 0.466. The van der Waals surface area contributed by atoms with Gasteiger partial charge in [0.2, 0.25) is 5.91 Å². The van der Waals surface area contributed by atoms with E-state index in [1.807, 2.05) is 6.20 Å². The zero-order valence-electron chi connectivity index (χ0n) is 23.2. The van der Waals surface area contributed by atoms with Crippen LogP contribution in [0.2, 0.25) is 0 Å². The number of fused-ring (bicyclic) bond motifs is 2. The summed E-state index contributed by atoms with van der Waals surface area (Å²) >= 11 is 3.62. The van der Waals surface area contributed by atoms with Gasteiger partial charge in [0.05, 0.1) is 5.69 Å². The van der Waals surface area contributed by atoms with Gasteiger partial charge in [-0.1, -0.05) is 44.0 Å². The second-order valence-corrected chi connectivity index (χ2v) is 12.2. The van der Waals surface area contributed by atoms with Crippen molar-refractivity contribution in [3.05, 3.63) is 62.9 Å². The van der Waals surface area contributed by atoms with Crippen molar-refractivity contribution in [2.45, 2.75) is 78.1 Å². The normalized spacial score (nSPS) is 20.1. The first-order valence-electron chi connectivity index (χ1n) is 14.4. The van der Waals surface area contributed by atoms with Gasteiger partial charge in [0.25, 0.3) is 0 Å². The molecule has 1 unspecified atom stereocenters. The van der Waals surface area contributed by atoms with Crippen molar-refractivity contribution in [1.82, 2.24) is 14.8 Å². The standard InChI is InChI=1S/C28H35BrN4O2.C3H8/c1-18-2-5-24-21(14-18)3-4-22-16-23(29)17-31-27(22)26(24)20-8-12-32(13-9-20)25(34)15-19-6-10-33(11-7-19)28(30)35;1-3-2/h2,5,14,16-17,19-20,26H,3-4,6-13,15H2,1H3,(H2,30,35);3H2,1-2H3. The Hall–Kier alpha value is -2.41. The number of aromatic nitrogens is 1. The van der Waals surface area contributed by atoms with Crippen LogP contribution in [0.3, 0.4) is 0 Å². The minimum absolute atomic E-state index is 0.264. The first kappa shape index (κ1) is 28.6. The molecule has 1 atom stereocenters. The molecule has 1 aromatic carbocycles. The number of hydrogen-bond acceptors (Lipinski definition) is 3. The molecule has 0 bridgehead atoms. The molecule has 0 spiro atoms. The number of halogens is 1. The molecule has 2 fully saturated rings. The van der Waals surface area contributed by atoms with Crippen LogP contribution in [0, 0.1) is 18.8 Å². The van der Waals surface area contributed by atoms with Gasteiger partial charge in [0.15, 0.2) is 0 Å². The fraction of sp³-hybridized carbons (Fsp3) is 0.581. The summed E-state index contributed by atoms with van der Waals surface area (Å²) in [6.07, 6.45) is 9.56. The molecule has 3 heterocycles. The van der Waals surface area contributed by atoms with Crippen LogP contribution in [-0.2, 0) is 17.6 Å². The highest BCUT2D eigenvalue weighted by molar-refractivity contribution is 9.10. The van der Waals surface area contributed by atoms with Gasteiger partial charge in [-0.05, 0) is 96.0 Å². The van der Waals surface area contributed by atoms with E-state index in [0.717, 1.165) is 56.1 Å². The summed E-state index contributed by atoms with van der Waals surface area (Å²) in [4.78, 5) is 33.2. The monoisotopic (exact) mass is 582 g/mol. The highest BCUT2D eigenvalue weighted by Crippen LogP contribution is 2.43. The van der Waals surface area contributed by atoms with Gasteiger partial charge in [-0.2, -0.15) is 0 Å². The fourth-order valence-electron chi connectivity index (χ4n) is 6.34. The number of benzene rings is 1. The van der Waals surface area contributed by atoms with Crippen molar-refractivity contribution >= 4 is 27.9 Å². The Morgan fingerprint density at radius 3 is 2.26 bits per heavy atom. The summed E-state index contributed by atoms with van der Waals surface area (Å²) in [6, 6.07) is 8.81. The van der Waals surface area contributed by atoms with E-state index in [1.54, 1.807) is 4.90 Å². The van der Waals surface area contributed by atoms with E-state index < -0.39 is 0 Å². The Balaban J connectivity index is 0.00000107. The SMILES string of the molecule is CCC.Cc1ccc2c(c1)CCc1cc(Br)cnc1C2C1CCN(C(=O)CC2CCN(C(N)=O)CC2)CC1. The molecule has 1 aromatic heterocycles. The number of primary amides is 1. The first-order valence-corrected chi connectivity index (χ1v) is 15.2. The maximum Gasteiger partial charge on any atom is 0.314 e. The Kier molecular flexibility index (Phi) is 9.85. The molecule has 0 radical (unpaired) electrons. The van der Waals surface area contributed by atoms with E-state index in [2.05, 4.69) is 65.9 Å².